The monoisotopic (exact) mass is 208 g/mol. The van der Waals surface area contributed by atoms with Gasteiger partial charge in [0.2, 0.25) is 0 Å². The third kappa shape index (κ3) is 1.63. The molecule has 0 saturated heterocycles. The molecular weight excluding hydrogens is 199 g/mol. The van der Waals surface area contributed by atoms with Crippen molar-refractivity contribution in [2.45, 2.75) is 0 Å². The lowest BCUT2D eigenvalue weighted by atomic mass is 10.2. The van der Waals surface area contributed by atoms with Crippen LogP contribution >= 0.6 is 11.3 Å². The maximum absolute atomic E-state index is 12.8. The van der Waals surface area contributed by atoms with Gasteiger partial charge in [-0.3, -0.25) is 0 Å². The second-order valence-electron chi connectivity index (χ2n) is 2.80. The molecule has 72 valence electrons. The summed E-state index contributed by atoms with van der Waals surface area (Å²) in [6.07, 6.45) is 0. The van der Waals surface area contributed by atoms with Crippen molar-refractivity contribution in [1.29, 1.82) is 0 Å². The van der Waals surface area contributed by atoms with E-state index in [2.05, 4.69) is 0 Å². The summed E-state index contributed by atoms with van der Waals surface area (Å²) in [4.78, 5) is 0.889. The van der Waals surface area contributed by atoms with E-state index < -0.39 is 0 Å². The van der Waals surface area contributed by atoms with Gasteiger partial charge in [-0.05, 0) is 24.3 Å². The third-order valence-corrected chi connectivity index (χ3v) is 2.85. The SMILES string of the molecule is COc1ccccc1-c1ccc(F)s1. The number of halogens is 1. The number of rotatable bonds is 2. The lowest BCUT2D eigenvalue weighted by Gasteiger charge is -2.04. The minimum Gasteiger partial charge on any atom is -0.496 e. The molecule has 0 atom stereocenters. The molecule has 0 unspecified atom stereocenters. The van der Waals surface area contributed by atoms with E-state index in [0.717, 1.165) is 27.5 Å². The maximum atomic E-state index is 12.8. The molecule has 1 nitrogen and oxygen atoms in total. The molecule has 3 heteroatoms. The van der Waals surface area contributed by atoms with Crippen LogP contribution in [0, 0.1) is 5.13 Å². The lowest BCUT2D eigenvalue weighted by molar-refractivity contribution is 0.416. The number of thiophene rings is 1. The van der Waals surface area contributed by atoms with Gasteiger partial charge in [0.1, 0.15) is 5.75 Å². The van der Waals surface area contributed by atoms with Gasteiger partial charge in [0.05, 0.1) is 7.11 Å². The summed E-state index contributed by atoms with van der Waals surface area (Å²) in [5.41, 5.74) is 0.934. The minimum absolute atomic E-state index is 0.175. The standard InChI is InChI=1S/C11H9FOS/c1-13-9-5-3-2-4-8(9)10-6-7-11(12)14-10/h2-7H,1H3. The second-order valence-corrected chi connectivity index (χ2v) is 3.84. The summed E-state index contributed by atoms with van der Waals surface area (Å²) in [7, 11) is 1.61. The summed E-state index contributed by atoms with van der Waals surface area (Å²) in [5, 5.41) is -0.175. The fourth-order valence-corrected chi connectivity index (χ4v) is 2.07. The van der Waals surface area contributed by atoms with Gasteiger partial charge < -0.3 is 4.74 Å². The molecule has 0 fully saturated rings. The minimum atomic E-state index is -0.175. The number of hydrogen-bond donors (Lipinski definition) is 0. The van der Waals surface area contributed by atoms with Gasteiger partial charge in [-0.15, -0.1) is 11.3 Å². The Hall–Kier alpha value is -1.35. The van der Waals surface area contributed by atoms with Gasteiger partial charge in [0, 0.05) is 10.4 Å². The number of hydrogen-bond acceptors (Lipinski definition) is 2. The number of ether oxygens (including phenoxy) is 1. The summed E-state index contributed by atoms with van der Waals surface area (Å²) in [6.45, 7) is 0. The van der Waals surface area contributed by atoms with Crippen LogP contribution in [0.4, 0.5) is 4.39 Å². The Morgan fingerprint density at radius 2 is 1.93 bits per heavy atom. The van der Waals surface area contributed by atoms with Crippen LogP contribution in [0.2, 0.25) is 0 Å². The van der Waals surface area contributed by atoms with Crippen molar-refractivity contribution in [3.05, 3.63) is 41.5 Å². The zero-order valence-corrected chi connectivity index (χ0v) is 8.48. The Morgan fingerprint density at radius 3 is 2.57 bits per heavy atom. The first-order valence-electron chi connectivity index (χ1n) is 4.20. The zero-order valence-electron chi connectivity index (χ0n) is 7.66. The van der Waals surface area contributed by atoms with Crippen molar-refractivity contribution >= 4 is 11.3 Å². The predicted molar refractivity (Wildman–Crippen MR) is 56.3 cm³/mol. The highest BCUT2D eigenvalue weighted by molar-refractivity contribution is 7.13. The Labute approximate surface area is 85.8 Å². The van der Waals surface area contributed by atoms with E-state index in [0.29, 0.717) is 0 Å². The Kier molecular flexibility index (Phi) is 2.50. The van der Waals surface area contributed by atoms with Crippen LogP contribution < -0.4 is 4.74 Å². The van der Waals surface area contributed by atoms with E-state index in [-0.39, 0.29) is 5.13 Å². The van der Waals surface area contributed by atoms with E-state index in [9.17, 15) is 4.39 Å². The first-order chi connectivity index (χ1) is 6.81. The smallest absolute Gasteiger partial charge is 0.176 e. The molecule has 0 radical (unpaired) electrons. The normalized spacial score (nSPS) is 10.1. The average molecular weight is 208 g/mol. The van der Waals surface area contributed by atoms with Crippen molar-refractivity contribution in [3.63, 3.8) is 0 Å². The molecule has 0 bridgehead atoms. The highest BCUT2D eigenvalue weighted by Crippen LogP contribution is 2.33. The van der Waals surface area contributed by atoms with Crippen molar-refractivity contribution < 1.29 is 9.13 Å². The molecule has 2 rings (SSSR count). The van der Waals surface area contributed by atoms with E-state index in [1.54, 1.807) is 13.2 Å². The molecule has 0 aliphatic heterocycles. The molecule has 0 saturated carbocycles. The molecule has 14 heavy (non-hydrogen) atoms. The summed E-state index contributed by atoms with van der Waals surface area (Å²) >= 11 is 1.12. The van der Waals surface area contributed by atoms with E-state index in [4.69, 9.17) is 4.74 Å². The van der Waals surface area contributed by atoms with Gasteiger partial charge in [0.15, 0.2) is 5.13 Å². The van der Waals surface area contributed by atoms with Crippen molar-refractivity contribution in [2.75, 3.05) is 7.11 Å². The van der Waals surface area contributed by atoms with Gasteiger partial charge >= 0.3 is 0 Å². The van der Waals surface area contributed by atoms with E-state index in [1.165, 1.54) is 6.07 Å². The first-order valence-corrected chi connectivity index (χ1v) is 5.01. The van der Waals surface area contributed by atoms with Crippen molar-refractivity contribution in [2.24, 2.45) is 0 Å². The van der Waals surface area contributed by atoms with Crippen LogP contribution in [0.15, 0.2) is 36.4 Å². The largest absolute Gasteiger partial charge is 0.496 e. The van der Waals surface area contributed by atoms with Crippen LogP contribution in [0.5, 0.6) is 5.75 Å². The molecule has 1 heterocycles. The van der Waals surface area contributed by atoms with Crippen molar-refractivity contribution in [3.8, 4) is 16.2 Å². The molecule has 0 spiro atoms. The molecule has 0 aliphatic rings. The Morgan fingerprint density at radius 1 is 1.14 bits per heavy atom. The fourth-order valence-electron chi connectivity index (χ4n) is 1.31. The molecule has 0 amide bonds. The molecule has 0 aliphatic carbocycles. The third-order valence-electron chi connectivity index (χ3n) is 1.95. The Bertz CT molecular complexity index is 436. The van der Waals surface area contributed by atoms with Crippen LogP contribution in [-0.4, -0.2) is 7.11 Å². The maximum Gasteiger partial charge on any atom is 0.176 e. The molecule has 1 aromatic heterocycles. The van der Waals surface area contributed by atoms with Crippen LogP contribution in [0.3, 0.4) is 0 Å². The average Bonchev–Trinajstić information content (AvgIpc) is 2.65. The summed E-state index contributed by atoms with van der Waals surface area (Å²) < 4.78 is 18.0. The number of methoxy groups -OCH3 is 1. The van der Waals surface area contributed by atoms with Gasteiger partial charge in [-0.1, -0.05) is 12.1 Å². The molecule has 1 aromatic carbocycles. The van der Waals surface area contributed by atoms with Gasteiger partial charge in [-0.25, -0.2) is 0 Å². The number of para-hydroxylation sites is 1. The highest BCUT2D eigenvalue weighted by atomic mass is 32.1. The number of benzene rings is 1. The van der Waals surface area contributed by atoms with Gasteiger partial charge in [0.25, 0.3) is 0 Å². The highest BCUT2D eigenvalue weighted by Gasteiger charge is 2.07. The van der Waals surface area contributed by atoms with E-state index >= 15 is 0 Å². The van der Waals surface area contributed by atoms with Crippen LogP contribution in [0.1, 0.15) is 0 Å². The molecular formula is C11H9FOS. The fraction of sp³-hybridized carbons (Fsp3) is 0.0909. The van der Waals surface area contributed by atoms with E-state index in [1.807, 2.05) is 24.3 Å². The van der Waals surface area contributed by atoms with Crippen LogP contribution in [-0.2, 0) is 0 Å². The lowest BCUT2D eigenvalue weighted by Crippen LogP contribution is -1.84. The molecule has 2 aromatic rings. The van der Waals surface area contributed by atoms with Gasteiger partial charge in [-0.2, -0.15) is 4.39 Å². The second kappa shape index (κ2) is 3.80. The quantitative estimate of drug-likeness (QED) is 0.733. The molecule has 0 N–H and O–H groups in total. The van der Waals surface area contributed by atoms with Crippen LogP contribution in [0.25, 0.3) is 10.4 Å². The van der Waals surface area contributed by atoms with Crippen molar-refractivity contribution in [1.82, 2.24) is 0 Å². The first kappa shape index (κ1) is 9.21. The zero-order chi connectivity index (χ0) is 9.97. The predicted octanol–water partition coefficient (Wildman–Crippen LogP) is 3.56. The Balaban J connectivity index is 2.50. The summed E-state index contributed by atoms with van der Waals surface area (Å²) in [5.74, 6) is 0.773. The topological polar surface area (TPSA) is 9.23 Å². The summed E-state index contributed by atoms with van der Waals surface area (Å²) in [6, 6.07) is 10.8.